The number of benzene rings is 2. The Kier molecular flexibility index (Phi) is 5.37. The highest BCUT2D eigenvalue weighted by Crippen LogP contribution is 2.25. The van der Waals surface area contributed by atoms with Gasteiger partial charge in [0.2, 0.25) is 0 Å². The van der Waals surface area contributed by atoms with Crippen molar-refractivity contribution in [3.05, 3.63) is 75.8 Å². The fourth-order valence-corrected chi connectivity index (χ4v) is 2.60. The van der Waals surface area contributed by atoms with Crippen molar-refractivity contribution in [3.8, 4) is 0 Å². The molecule has 1 aliphatic rings. The van der Waals surface area contributed by atoms with E-state index in [9.17, 15) is 14.9 Å². The van der Waals surface area contributed by atoms with Gasteiger partial charge in [-0.3, -0.25) is 14.9 Å². The van der Waals surface area contributed by atoms with Crippen LogP contribution in [0.2, 0.25) is 0 Å². The van der Waals surface area contributed by atoms with Crippen LogP contribution in [0.15, 0.2) is 54.6 Å². The third kappa shape index (κ3) is 4.40. The molecule has 0 aliphatic carbocycles. The van der Waals surface area contributed by atoms with Crippen molar-refractivity contribution in [2.75, 3.05) is 13.2 Å². The summed E-state index contributed by atoms with van der Waals surface area (Å²) >= 11 is 0. The van der Waals surface area contributed by atoms with Gasteiger partial charge in [0.1, 0.15) is 0 Å². The minimum atomic E-state index is -0.682. The fourth-order valence-electron chi connectivity index (χ4n) is 2.60. The van der Waals surface area contributed by atoms with Gasteiger partial charge in [-0.25, -0.2) is 0 Å². The van der Waals surface area contributed by atoms with Gasteiger partial charge in [0, 0.05) is 23.3 Å². The molecule has 130 valence electrons. The van der Waals surface area contributed by atoms with Crippen molar-refractivity contribution in [1.82, 2.24) is 5.32 Å². The Bertz CT molecular complexity index is 750. The number of nitro groups is 1. The molecular weight excluding hydrogens is 324 g/mol. The van der Waals surface area contributed by atoms with Crippen molar-refractivity contribution < 1.29 is 19.2 Å². The average molecular weight is 342 g/mol. The number of carbonyl (C=O) groups excluding carboxylic acids is 1. The van der Waals surface area contributed by atoms with E-state index in [0.717, 1.165) is 0 Å². The molecule has 7 heteroatoms. The second kappa shape index (κ2) is 7.87. The Morgan fingerprint density at radius 3 is 2.68 bits per heavy atom. The van der Waals surface area contributed by atoms with Gasteiger partial charge in [0.15, 0.2) is 6.29 Å². The van der Waals surface area contributed by atoms with Crippen LogP contribution in [-0.4, -0.2) is 30.1 Å². The number of hydrogen-bond acceptors (Lipinski definition) is 5. The monoisotopic (exact) mass is 342 g/mol. The highest BCUT2D eigenvalue weighted by atomic mass is 16.7. The maximum atomic E-state index is 12.2. The maximum absolute atomic E-state index is 12.2. The van der Waals surface area contributed by atoms with Crippen molar-refractivity contribution in [2.45, 2.75) is 18.8 Å². The highest BCUT2D eigenvalue weighted by Gasteiger charge is 2.23. The van der Waals surface area contributed by atoms with Crippen molar-refractivity contribution in [2.24, 2.45) is 0 Å². The van der Waals surface area contributed by atoms with E-state index in [0.29, 0.717) is 24.2 Å². The van der Waals surface area contributed by atoms with Gasteiger partial charge in [0.05, 0.1) is 24.2 Å². The predicted octanol–water partition coefficient (Wildman–Crippen LogP) is 2.83. The Morgan fingerprint density at radius 2 is 1.92 bits per heavy atom. The molecule has 1 saturated heterocycles. The summed E-state index contributed by atoms with van der Waals surface area (Å²) in [5, 5.41) is 13.8. The Labute approximate surface area is 144 Å². The highest BCUT2D eigenvalue weighted by molar-refractivity contribution is 5.94. The van der Waals surface area contributed by atoms with Crippen LogP contribution in [0, 0.1) is 10.1 Å². The first-order valence-electron chi connectivity index (χ1n) is 7.97. The summed E-state index contributed by atoms with van der Waals surface area (Å²) < 4.78 is 11.4. The van der Waals surface area contributed by atoms with Crippen LogP contribution in [0.3, 0.4) is 0 Å². The Morgan fingerprint density at radius 1 is 1.12 bits per heavy atom. The van der Waals surface area contributed by atoms with Crippen molar-refractivity contribution in [3.63, 3.8) is 0 Å². The Hall–Kier alpha value is -2.77. The molecule has 2 aromatic rings. The normalized spacial score (nSPS) is 20.5. The number of nitrogens with one attached hydrogen (secondary N) is 1. The zero-order valence-corrected chi connectivity index (χ0v) is 13.5. The van der Waals surface area contributed by atoms with Gasteiger partial charge in [-0.15, -0.1) is 0 Å². The van der Waals surface area contributed by atoms with Gasteiger partial charge < -0.3 is 14.8 Å². The molecule has 0 radical (unpaired) electrons. The number of amides is 1. The van der Waals surface area contributed by atoms with E-state index in [1.54, 1.807) is 36.4 Å². The van der Waals surface area contributed by atoms with E-state index in [4.69, 9.17) is 9.47 Å². The predicted molar refractivity (Wildman–Crippen MR) is 90.1 cm³/mol. The molecule has 25 heavy (non-hydrogen) atoms. The van der Waals surface area contributed by atoms with E-state index < -0.39 is 11.2 Å². The molecule has 0 saturated carbocycles. The summed E-state index contributed by atoms with van der Waals surface area (Å²) in [6, 6.07) is 14.9. The fraction of sp³-hybridized carbons (Fsp3) is 0.278. The first kappa shape index (κ1) is 17.1. The smallest absolute Gasteiger partial charge is 0.269 e. The minimum Gasteiger partial charge on any atom is -0.348 e. The first-order chi connectivity index (χ1) is 12.1. The topological polar surface area (TPSA) is 90.7 Å². The molecule has 0 spiro atoms. The average Bonchev–Trinajstić information content (AvgIpc) is 2.88. The van der Waals surface area contributed by atoms with Crippen LogP contribution in [0.4, 0.5) is 5.69 Å². The standard InChI is InChI=1S/C18H18N2O5/c21-17(13-5-2-1-3-6-13)19-15-9-10-24-18(25-12-15)14-7-4-8-16(11-14)20(22)23/h1-8,11,15,18H,9-10,12H2,(H,19,21)/t15-,18-/m0/s1. The minimum absolute atomic E-state index is 0.0112. The summed E-state index contributed by atoms with van der Waals surface area (Å²) in [5.74, 6) is -0.164. The van der Waals surface area contributed by atoms with E-state index in [1.165, 1.54) is 12.1 Å². The molecule has 0 bridgehead atoms. The number of nitro benzene ring substituents is 1. The quantitative estimate of drug-likeness (QED) is 0.681. The van der Waals surface area contributed by atoms with Crippen LogP contribution in [0.5, 0.6) is 0 Å². The SMILES string of the molecule is O=C(N[C@H]1CCO[C@H](c2cccc([N+](=O)[O-])c2)OC1)c1ccccc1. The molecule has 1 heterocycles. The number of carbonyl (C=O) groups is 1. The molecule has 7 nitrogen and oxygen atoms in total. The van der Waals surface area contributed by atoms with Crippen LogP contribution in [0.25, 0.3) is 0 Å². The van der Waals surface area contributed by atoms with Gasteiger partial charge >= 0.3 is 0 Å². The van der Waals surface area contributed by atoms with Crippen molar-refractivity contribution in [1.29, 1.82) is 0 Å². The van der Waals surface area contributed by atoms with E-state index in [2.05, 4.69) is 5.32 Å². The van der Waals surface area contributed by atoms with E-state index in [-0.39, 0.29) is 24.2 Å². The summed E-state index contributed by atoms with van der Waals surface area (Å²) in [7, 11) is 0. The van der Waals surface area contributed by atoms with E-state index in [1.807, 2.05) is 6.07 Å². The second-order valence-electron chi connectivity index (χ2n) is 5.71. The summed E-state index contributed by atoms with van der Waals surface area (Å²) in [6.07, 6.45) is -0.0807. The summed E-state index contributed by atoms with van der Waals surface area (Å²) in [6.45, 7) is 0.652. The molecule has 2 atom stereocenters. The lowest BCUT2D eigenvalue weighted by molar-refractivity contribution is -0.385. The molecule has 1 fully saturated rings. The van der Waals surface area contributed by atoms with Gasteiger partial charge in [-0.05, 0) is 18.6 Å². The molecule has 0 unspecified atom stereocenters. The second-order valence-corrected chi connectivity index (χ2v) is 5.71. The molecule has 1 N–H and O–H groups in total. The molecule has 3 rings (SSSR count). The number of nitrogens with zero attached hydrogens (tertiary/aromatic N) is 1. The van der Waals surface area contributed by atoms with Crippen molar-refractivity contribution >= 4 is 11.6 Å². The maximum Gasteiger partial charge on any atom is 0.269 e. The molecule has 1 amide bonds. The summed E-state index contributed by atoms with van der Waals surface area (Å²) in [5.41, 5.74) is 1.16. The first-order valence-corrected chi connectivity index (χ1v) is 7.97. The lowest BCUT2D eigenvalue weighted by atomic mass is 10.1. The van der Waals surface area contributed by atoms with Crippen LogP contribution in [-0.2, 0) is 9.47 Å². The summed E-state index contributed by atoms with van der Waals surface area (Å²) in [4.78, 5) is 22.6. The van der Waals surface area contributed by atoms with Crippen LogP contribution < -0.4 is 5.32 Å². The van der Waals surface area contributed by atoms with Gasteiger partial charge in [-0.2, -0.15) is 0 Å². The third-order valence-corrected chi connectivity index (χ3v) is 3.91. The third-order valence-electron chi connectivity index (χ3n) is 3.91. The van der Waals surface area contributed by atoms with Crippen LogP contribution >= 0.6 is 0 Å². The lowest BCUT2D eigenvalue weighted by Gasteiger charge is -2.17. The number of non-ortho nitro benzene ring substituents is 1. The zero-order chi connectivity index (χ0) is 17.6. The largest absolute Gasteiger partial charge is 0.348 e. The van der Waals surface area contributed by atoms with Gasteiger partial charge in [-0.1, -0.05) is 30.3 Å². The number of rotatable bonds is 4. The van der Waals surface area contributed by atoms with E-state index >= 15 is 0 Å². The number of ether oxygens (including phenoxy) is 2. The molecule has 0 aromatic heterocycles. The molecular formula is C18H18N2O5. The molecule has 1 aliphatic heterocycles. The number of hydrogen-bond donors (Lipinski definition) is 1. The Balaban J connectivity index is 1.62. The lowest BCUT2D eigenvalue weighted by Crippen LogP contribution is -2.38. The zero-order valence-electron chi connectivity index (χ0n) is 13.5. The van der Waals surface area contributed by atoms with Gasteiger partial charge in [0.25, 0.3) is 11.6 Å². The molecule has 2 aromatic carbocycles. The van der Waals surface area contributed by atoms with Crippen LogP contribution in [0.1, 0.15) is 28.6 Å².